The van der Waals surface area contributed by atoms with Crippen molar-refractivity contribution in [3.8, 4) is 12.3 Å². The predicted octanol–water partition coefficient (Wildman–Crippen LogP) is 0.425. The van der Waals surface area contributed by atoms with Crippen molar-refractivity contribution in [2.45, 2.75) is 0 Å². The van der Waals surface area contributed by atoms with E-state index in [9.17, 15) is 4.79 Å². The van der Waals surface area contributed by atoms with E-state index in [1.165, 1.54) is 18.5 Å². The van der Waals surface area contributed by atoms with Gasteiger partial charge in [0.15, 0.2) is 0 Å². The summed E-state index contributed by atoms with van der Waals surface area (Å²) in [5.41, 5.74) is 0.551. The fraction of sp³-hybridized carbons (Fsp3) is 0. The molecular formula is C7H3N3O. The summed E-state index contributed by atoms with van der Waals surface area (Å²) >= 11 is 0. The van der Waals surface area contributed by atoms with Gasteiger partial charge in [0.05, 0.1) is 5.56 Å². The number of hydrogen-bond donors (Lipinski definition) is 0. The van der Waals surface area contributed by atoms with Crippen molar-refractivity contribution in [3.05, 3.63) is 18.0 Å². The van der Waals surface area contributed by atoms with E-state index in [1.807, 2.05) is 0 Å². The van der Waals surface area contributed by atoms with Crippen molar-refractivity contribution in [1.29, 1.82) is 0 Å². The monoisotopic (exact) mass is 145 g/mol. The maximum absolute atomic E-state index is 9.72. The lowest BCUT2D eigenvalue weighted by molar-refractivity contribution is 0.565. The Hall–Kier alpha value is -1.98. The molecule has 0 bridgehead atoms. The molecule has 0 radical (unpaired) electrons. The predicted molar refractivity (Wildman–Crippen MR) is 37.7 cm³/mol. The molecule has 1 aromatic rings. The molecule has 0 atom stereocenters. The van der Waals surface area contributed by atoms with Crippen molar-refractivity contribution < 1.29 is 4.79 Å². The number of aliphatic imine (C=N–C) groups is 1. The summed E-state index contributed by atoms with van der Waals surface area (Å²) in [5.74, 6) is 2.40. The van der Waals surface area contributed by atoms with E-state index in [-0.39, 0.29) is 5.95 Å². The van der Waals surface area contributed by atoms with Crippen LogP contribution in [0.5, 0.6) is 0 Å². The standard InChI is InChI=1S/C7H3N3O/c1-2-6-3-8-7(9-4-6)10-5-11/h1,3-4H. The van der Waals surface area contributed by atoms with Crippen LogP contribution in [0.15, 0.2) is 17.4 Å². The van der Waals surface area contributed by atoms with Crippen molar-refractivity contribution in [2.75, 3.05) is 0 Å². The van der Waals surface area contributed by atoms with Crippen molar-refractivity contribution in [1.82, 2.24) is 9.97 Å². The molecule has 0 spiro atoms. The Bertz CT molecular complexity index is 330. The van der Waals surface area contributed by atoms with Gasteiger partial charge < -0.3 is 0 Å². The molecule has 4 nitrogen and oxygen atoms in total. The molecule has 1 rings (SSSR count). The van der Waals surface area contributed by atoms with Crippen LogP contribution in [0.4, 0.5) is 5.95 Å². The van der Waals surface area contributed by atoms with Crippen molar-refractivity contribution in [2.24, 2.45) is 4.99 Å². The molecule has 0 amide bonds. The molecule has 0 saturated carbocycles. The Kier molecular flexibility index (Phi) is 2.11. The zero-order valence-corrected chi connectivity index (χ0v) is 5.48. The highest BCUT2D eigenvalue weighted by atomic mass is 16.1. The second kappa shape index (κ2) is 3.25. The second-order valence-electron chi connectivity index (χ2n) is 1.62. The van der Waals surface area contributed by atoms with Crippen LogP contribution in [0, 0.1) is 12.3 Å². The highest BCUT2D eigenvalue weighted by molar-refractivity contribution is 5.41. The highest BCUT2D eigenvalue weighted by Crippen LogP contribution is 2.00. The van der Waals surface area contributed by atoms with E-state index >= 15 is 0 Å². The van der Waals surface area contributed by atoms with Gasteiger partial charge in [0.2, 0.25) is 6.08 Å². The lowest BCUT2D eigenvalue weighted by atomic mass is 10.4. The van der Waals surface area contributed by atoms with E-state index in [0.29, 0.717) is 5.56 Å². The van der Waals surface area contributed by atoms with Crippen LogP contribution in [-0.4, -0.2) is 16.0 Å². The number of rotatable bonds is 1. The first-order valence-corrected chi connectivity index (χ1v) is 2.73. The third-order valence-electron chi connectivity index (χ3n) is 0.951. The lowest BCUT2D eigenvalue weighted by Crippen LogP contribution is -1.81. The number of hydrogen-bond acceptors (Lipinski definition) is 4. The number of isocyanates is 1. The minimum absolute atomic E-state index is 0.0685. The molecule has 1 heterocycles. The summed E-state index contributed by atoms with van der Waals surface area (Å²) in [6, 6.07) is 0. The number of carbonyl (C=O) groups excluding carboxylic acids is 1. The Labute approximate surface area is 63.0 Å². The van der Waals surface area contributed by atoms with Gasteiger partial charge in [0, 0.05) is 12.4 Å². The Balaban J connectivity index is 3.02. The molecule has 52 valence electrons. The van der Waals surface area contributed by atoms with Gasteiger partial charge in [-0.25, -0.2) is 14.8 Å². The summed E-state index contributed by atoms with van der Waals surface area (Å²) in [6.45, 7) is 0. The molecule has 0 saturated heterocycles. The van der Waals surface area contributed by atoms with Crippen molar-refractivity contribution >= 4 is 12.0 Å². The molecule has 0 aromatic carbocycles. The third-order valence-corrected chi connectivity index (χ3v) is 0.951. The topological polar surface area (TPSA) is 55.2 Å². The first-order valence-electron chi connectivity index (χ1n) is 2.73. The first-order chi connectivity index (χ1) is 5.36. The molecular weight excluding hydrogens is 142 g/mol. The zero-order valence-electron chi connectivity index (χ0n) is 5.48. The summed E-state index contributed by atoms with van der Waals surface area (Å²) in [4.78, 5) is 20.2. The maximum atomic E-state index is 9.72. The molecule has 0 aliphatic carbocycles. The zero-order chi connectivity index (χ0) is 8.10. The Morgan fingerprint density at radius 3 is 2.55 bits per heavy atom. The van der Waals surface area contributed by atoms with Gasteiger partial charge in [0.1, 0.15) is 0 Å². The number of aromatic nitrogens is 2. The lowest BCUT2D eigenvalue weighted by Gasteiger charge is -1.87. The summed E-state index contributed by atoms with van der Waals surface area (Å²) in [6.07, 6.45) is 9.17. The highest BCUT2D eigenvalue weighted by Gasteiger charge is 1.90. The molecule has 4 heteroatoms. The van der Waals surface area contributed by atoms with Gasteiger partial charge in [-0.3, -0.25) is 0 Å². The van der Waals surface area contributed by atoms with Crippen LogP contribution in [0.25, 0.3) is 0 Å². The SMILES string of the molecule is C#Cc1cnc(N=C=O)nc1. The summed E-state index contributed by atoms with van der Waals surface area (Å²) in [5, 5.41) is 0. The fourth-order valence-electron chi connectivity index (χ4n) is 0.494. The van der Waals surface area contributed by atoms with Crippen LogP contribution in [0.1, 0.15) is 5.56 Å². The van der Waals surface area contributed by atoms with Crippen molar-refractivity contribution in [3.63, 3.8) is 0 Å². The average Bonchev–Trinajstić information content (AvgIpc) is 2.07. The van der Waals surface area contributed by atoms with Crippen LogP contribution >= 0.6 is 0 Å². The van der Waals surface area contributed by atoms with E-state index in [2.05, 4.69) is 20.9 Å². The second-order valence-corrected chi connectivity index (χ2v) is 1.62. The molecule has 11 heavy (non-hydrogen) atoms. The maximum Gasteiger partial charge on any atom is 0.260 e. The average molecular weight is 145 g/mol. The van der Waals surface area contributed by atoms with Crippen LogP contribution < -0.4 is 0 Å². The van der Waals surface area contributed by atoms with E-state index in [0.717, 1.165) is 0 Å². The largest absolute Gasteiger partial charge is 0.260 e. The van der Waals surface area contributed by atoms with E-state index < -0.39 is 0 Å². The van der Waals surface area contributed by atoms with Gasteiger partial charge in [-0.2, -0.15) is 0 Å². The molecule has 0 aliphatic rings. The number of nitrogens with zero attached hydrogens (tertiary/aromatic N) is 3. The number of terminal acetylenes is 1. The Morgan fingerprint density at radius 1 is 1.45 bits per heavy atom. The smallest absolute Gasteiger partial charge is 0.218 e. The first kappa shape index (κ1) is 7.13. The molecule has 0 unspecified atom stereocenters. The normalized spacial score (nSPS) is 7.91. The van der Waals surface area contributed by atoms with E-state index in [4.69, 9.17) is 6.42 Å². The molecule has 1 aromatic heterocycles. The third kappa shape index (κ3) is 1.71. The summed E-state index contributed by atoms with van der Waals surface area (Å²) in [7, 11) is 0. The van der Waals surface area contributed by atoms with Gasteiger partial charge in [0.25, 0.3) is 5.95 Å². The fourth-order valence-corrected chi connectivity index (χ4v) is 0.494. The molecule has 0 N–H and O–H groups in total. The minimum atomic E-state index is 0.0685. The van der Waals surface area contributed by atoms with Gasteiger partial charge >= 0.3 is 0 Å². The Morgan fingerprint density at radius 2 is 2.09 bits per heavy atom. The molecule has 0 aliphatic heterocycles. The van der Waals surface area contributed by atoms with Crippen LogP contribution in [0.2, 0.25) is 0 Å². The molecule has 0 fully saturated rings. The van der Waals surface area contributed by atoms with Crippen LogP contribution in [0.3, 0.4) is 0 Å². The van der Waals surface area contributed by atoms with Gasteiger partial charge in [-0.15, -0.1) is 11.4 Å². The minimum Gasteiger partial charge on any atom is -0.218 e. The van der Waals surface area contributed by atoms with Crippen LogP contribution in [-0.2, 0) is 4.79 Å². The van der Waals surface area contributed by atoms with Gasteiger partial charge in [-0.1, -0.05) is 5.92 Å². The summed E-state index contributed by atoms with van der Waals surface area (Å²) < 4.78 is 0. The quantitative estimate of drug-likeness (QED) is 0.327. The van der Waals surface area contributed by atoms with Gasteiger partial charge in [-0.05, 0) is 0 Å². The van der Waals surface area contributed by atoms with E-state index in [1.54, 1.807) is 0 Å².